The van der Waals surface area contributed by atoms with Gasteiger partial charge in [0.25, 0.3) is 0 Å². The van der Waals surface area contributed by atoms with Crippen molar-refractivity contribution in [1.82, 2.24) is 4.90 Å². The van der Waals surface area contributed by atoms with Gasteiger partial charge in [-0.2, -0.15) is 0 Å². The molecule has 3 atom stereocenters. The van der Waals surface area contributed by atoms with Gasteiger partial charge in [-0.25, -0.2) is 4.79 Å². The van der Waals surface area contributed by atoms with Gasteiger partial charge in [0.05, 0.1) is 12.5 Å². The lowest BCUT2D eigenvalue weighted by Crippen LogP contribution is -2.37. The number of likely N-dealkylation sites (tertiary alicyclic amines) is 1. The van der Waals surface area contributed by atoms with Gasteiger partial charge in [0.15, 0.2) is 0 Å². The Kier molecular flexibility index (Phi) is 7.01. The van der Waals surface area contributed by atoms with E-state index in [2.05, 4.69) is 6.58 Å². The third kappa shape index (κ3) is 5.06. The Morgan fingerprint density at radius 2 is 2.04 bits per heavy atom. The van der Waals surface area contributed by atoms with Crippen LogP contribution in [0.1, 0.15) is 18.9 Å². The lowest BCUT2D eigenvalue weighted by molar-refractivity contribution is -0.149. The van der Waals surface area contributed by atoms with Crippen LogP contribution in [0, 0.1) is 11.8 Å². The fourth-order valence-corrected chi connectivity index (χ4v) is 3.11. The molecule has 136 valence electrons. The minimum absolute atomic E-state index is 0.165. The van der Waals surface area contributed by atoms with E-state index >= 15 is 0 Å². The van der Waals surface area contributed by atoms with E-state index in [0.29, 0.717) is 26.1 Å². The summed E-state index contributed by atoms with van der Waals surface area (Å²) in [6.45, 7) is 6.75. The van der Waals surface area contributed by atoms with E-state index in [1.54, 1.807) is 17.9 Å². The van der Waals surface area contributed by atoms with Gasteiger partial charge in [-0.15, -0.1) is 6.58 Å². The van der Waals surface area contributed by atoms with Crippen LogP contribution < -0.4 is 5.73 Å². The number of esters is 1. The van der Waals surface area contributed by atoms with E-state index in [-0.39, 0.29) is 30.5 Å². The summed E-state index contributed by atoms with van der Waals surface area (Å²) in [5.74, 6) is -0.844. The molecule has 1 saturated heterocycles. The van der Waals surface area contributed by atoms with E-state index < -0.39 is 6.09 Å². The van der Waals surface area contributed by atoms with Crippen molar-refractivity contribution in [2.45, 2.75) is 26.0 Å². The highest BCUT2D eigenvalue weighted by Gasteiger charge is 2.41. The Labute approximate surface area is 148 Å². The number of nitrogens with zero attached hydrogens (tertiary/aromatic N) is 1. The van der Waals surface area contributed by atoms with Gasteiger partial charge < -0.3 is 20.1 Å². The van der Waals surface area contributed by atoms with Crippen molar-refractivity contribution in [2.24, 2.45) is 17.6 Å². The standard InChI is InChI=1S/C19H26N2O4/c1-3-8-15(18(22)24-4-2)16-11-21(12-17(16)20)19(23)25-13-14-9-6-5-7-10-14/h3,5-7,9-10,15-17H,1,4,8,11-13,20H2,2H3. The summed E-state index contributed by atoms with van der Waals surface area (Å²) in [5, 5.41) is 0. The molecule has 0 aromatic heterocycles. The van der Waals surface area contributed by atoms with Crippen molar-refractivity contribution in [2.75, 3.05) is 19.7 Å². The molecule has 6 nitrogen and oxygen atoms in total. The monoisotopic (exact) mass is 346 g/mol. The summed E-state index contributed by atoms with van der Waals surface area (Å²) in [6, 6.07) is 9.19. The summed E-state index contributed by atoms with van der Waals surface area (Å²) in [5.41, 5.74) is 7.11. The molecule has 25 heavy (non-hydrogen) atoms. The molecule has 6 heteroatoms. The van der Waals surface area contributed by atoms with Crippen LogP contribution >= 0.6 is 0 Å². The molecule has 2 rings (SSSR count). The number of carbonyl (C=O) groups excluding carboxylic acids is 2. The van der Waals surface area contributed by atoms with Crippen molar-refractivity contribution >= 4 is 12.1 Å². The van der Waals surface area contributed by atoms with E-state index in [1.807, 2.05) is 30.3 Å². The number of carbonyl (C=O) groups is 2. The Bertz CT molecular complexity index is 590. The maximum atomic E-state index is 12.3. The van der Waals surface area contributed by atoms with Gasteiger partial charge in [-0.1, -0.05) is 36.4 Å². The Balaban J connectivity index is 1.95. The summed E-state index contributed by atoms with van der Waals surface area (Å²) >= 11 is 0. The molecule has 1 aliphatic heterocycles. The molecule has 0 spiro atoms. The maximum absolute atomic E-state index is 12.3. The Morgan fingerprint density at radius 3 is 2.68 bits per heavy atom. The van der Waals surface area contributed by atoms with Crippen LogP contribution in [-0.2, 0) is 20.9 Å². The molecule has 1 aromatic rings. The molecule has 0 aliphatic carbocycles. The molecule has 1 aromatic carbocycles. The second kappa shape index (κ2) is 9.22. The van der Waals surface area contributed by atoms with Gasteiger partial charge in [0.1, 0.15) is 6.61 Å². The van der Waals surface area contributed by atoms with Crippen LogP contribution in [0.25, 0.3) is 0 Å². The van der Waals surface area contributed by atoms with Crippen LogP contribution in [-0.4, -0.2) is 42.7 Å². The highest BCUT2D eigenvalue weighted by Crippen LogP contribution is 2.28. The van der Waals surface area contributed by atoms with Gasteiger partial charge in [-0.05, 0) is 18.9 Å². The average Bonchev–Trinajstić information content (AvgIpc) is 3.00. The molecule has 1 aliphatic rings. The molecule has 1 amide bonds. The van der Waals surface area contributed by atoms with Crippen molar-refractivity contribution in [3.05, 3.63) is 48.6 Å². The first-order valence-electron chi connectivity index (χ1n) is 8.55. The maximum Gasteiger partial charge on any atom is 0.410 e. The second-order valence-corrected chi connectivity index (χ2v) is 6.16. The first kappa shape index (κ1) is 19.0. The summed E-state index contributed by atoms with van der Waals surface area (Å²) in [6.07, 6.45) is 1.75. The summed E-state index contributed by atoms with van der Waals surface area (Å²) < 4.78 is 10.5. The molecule has 0 bridgehead atoms. The zero-order chi connectivity index (χ0) is 18.2. The predicted molar refractivity (Wildman–Crippen MR) is 94.6 cm³/mol. The van der Waals surface area contributed by atoms with Gasteiger partial charge in [0.2, 0.25) is 0 Å². The first-order chi connectivity index (χ1) is 12.1. The Morgan fingerprint density at radius 1 is 1.32 bits per heavy atom. The molecule has 1 heterocycles. The van der Waals surface area contributed by atoms with Crippen molar-refractivity contribution in [1.29, 1.82) is 0 Å². The first-order valence-corrected chi connectivity index (χ1v) is 8.55. The fraction of sp³-hybridized carbons (Fsp3) is 0.474. The number of amides is 1. The van der Waals surface area contributed by atoms with Crippen LogP contribution in [0.3, 0.4) is 0 Å². The number of allylic oxidation sites excluding steroid dienone is 1. The van der Waals surface area contributed by atoms with Crippen LogP contribution in [0.5, 0.6) is 0 Å². The zero-order valence-corrected chi connectivity index (χ0v) is 14.6. The van der Waals surface area contributed by atoms with Crippen molar-refractivity contribution < 1.29 is 19.1 Å². The number of ether oxygens (including phenoxy) is 2. The normalized spacial score (nSPS) is 20.8. The molecule has 1 fully saturated rings. The Hall–Kier alpha value is -2.34. The van der Waals surface area contributed by atoms with E-state index in [1.165, 1.54) is 0 Å². The molecule has 2 N–H and O–H groups in total. The third-order valence-corrected chi connectivity index (χ3v) is 4.40. The van der Waals surface area contributed by atoms with Crippen LogP contribution in [0.2, 0.25) is 0 Å². The molecule has 3 unspecified atom stereocenters. The smallest absolute Gasteiger partial charge is 0.410 e. The lowest BCUT2D eigenvalue weighted by Gasteiger charge is -2.23. The highest BCUT2D eigenvalue weighted by atomic mass is 16.6. The van der Waals surface area contributed by atoms with E-state index in [0.717, 1.165) is 5.56 Å². The number of nitrogens with two attached hydrogens (primary N) is 1. The van der Waals surface area contributed by atoms with Crippen LogP contribution in [0.15, 0.2) is 43.0 Å². The predicted octanol–water partition coefficient (Wildman–Crippen LogP) is 2.34. The van der Waals surface area contributed by atoms with Crippen molar-refractivity contribution in [3.63, 3.8) is 0 Å². The number of rotatable bonds is 7. The number of hydrogen-bond acceptors (Lipinski definition) is 5. The van der Waals surface area contributed by atoms with E-state index in [4.69, 9.17) is 15.2 Å². The number of hydrogen-bond donors (Lipinski definition) is 1. The average molecular weight is 346 g/mol. The molecular formula is C19H26N2O4. The van der Waals surface area contributed by atoms with E-state index in [9.17, 15) is 9.59 Å². The molecule has 0 saturated carbocycles. The molecule has 0 radical (unpaired) electrons. The minimum atomic E-state index is -0.414. The van der Waals surface area contributed by atoms with Crippen molar-refractivity contribution in [3.8, 4) is 0 Å². The second-order valence-electron chi connectivity index (χ2n) is 6.16. The topological polar surface area (TPSA) is 81.9 Å². The van der Waals surface area contributed by atoms with Gasteiger partial charge in [0, 0.05) is 25.0 Å². The highest BCUT2D eigenvalue weighted by molar-refractivity contribution is 5.74. The van der Waals surface area contributed by atoms with Gasteiger partial charge in [-0.3, -0.25) is 4.79 Å². The largest absolute Gasteiger partial charge is 0.466 e. The lowest BCUT2D eigenvalue weighted by atomic mass is 9.86. The molecular weight excluding hydrogens is 320 g/mol. The minimum Gasteiger partial charge on any atom is -0.466 e. The SMILES string of the molecule is C=CCC(C(=O)OCC)C1CN(C(=O)OCc2ccccc2)CC1N. The third-order valence-electron chi connectivity index (χ3n) is 4.40. The summed E-state index contributed by atoms with van der Waals surface area (Å²) in [7, 11) is 0. The quantitative estimate of drug-likeness (QED) is 0.605. The summed E-state index contributed by atoms with van der Waals surface area (Å²) in [4.78, 5) is 26.1. The van der Waals surface area contributed by atoms with Crippen LogP contribution in [0.4, 0.5) is 4.79 Å². The number of benzene rings is 1. The zero-order valence-electron chi connectivity index (χ0n) is 14.6. The van der Waals surface area contributed by atoms with Gasteiger partial charge >= 0.3 is 12.1 Å². The fourth-order valence-electron chi connectivity index (χ4n) is 3.11.